The van der Waals surface area contributed by atoms with E-state index in [4.69, 9.17) is 16.3 Å². The number of halogens is 1. The standard InChI is InChI=1S/C19H16ClN3O5S/c1-3-4-13-9-14(19(25)28-2)18(29-13)22-17(24)12(10-21)7-11-5-6-15(20)16(8-11)23(26)27/h5-9H,3-4H2,1-2H3,(H,22,24)/b12-7+. The molecule has 0 radical (unpaired) electrons. The molecule has 0 spiro atoms. The van der Waals surface area contributed by atoms with Gasteiger partial charge in [-0.2, -0.15) is 5.26 Å². The number of nitro groups is 1. The number of methoxy groups -OCH3 is 1. The van der Waals surface area contributed by atoms with Crippen LogP contribution in [-0.2, 0) is 16.0 Å². The number of ether oxygens (including phenoxy) is 1. The summed E-state index contributed by atoms with van der Waals surface area (Å²) in [5, 5.41) is 23.1. The predicted octanol–water partition coefficient (Wildman–Crippen LogP) is 4.59. The number of nitriles is 1. The minimum absolute atomic E-state index is 0.0557. The second-order valence-corrected chi connectivity index (χ2v) is 7.33. The van der Waals surface area contributed by atoms with Crippen LogP contribution in [0.3, 0.4) is 0 Å². The molecule has 0 saturated carbocycles. The minimum Gasteiger partial charge on any atom is -0.465 e. The van der Waals surface area contributed by atoms with Crippen LogP contribution in [0.5, 0.6) is 0 Å². The summed E-state index contributed by atoms with van der Waals surface area (Å²) in [6.07, 6.45) is 2.78. The van der Waals surface area contributed by atoms with E-state index in [-0.39, 0.29) is 32.4 Å². The lowest BCUT2D eigenvalue weighted by Crippen LogP contribution is -2.15. The molecule has 8 nitrogen and oxygen atoms in total. The SMILES string of the molecule is CCCc1cc(C(=O)OC)c(NC(=O)/C(C#N)=C/c2ccc(Cl)c([N+](=O)[O-])c2)s1. The number of rotatable bonds is 7. The molecule has 0 aliphatic heterocycles. The highest BCUT2D eigenvalue weighted by Gasteiger charge is 2.20. The normalized spacial score (nSPS) is 10.9. The molecule has 1 N–H and O–H groups in total. The molecule has 2 aromatic rings. The smallest absolute Gasteiger partial charge is 0.340 e. The van der Waals surface area contributed by atoms with E-state index in [1.807, 2.05) is 6.92 Å². The van der Waals surface area contributed by atoms with Gasteiger partial charge in [-0.05, 0) is 30.2 Å². The number of hydrogen-bond donors (Lipinski definition) is 1. The van der Waals surface area contributed by atoms with E-state index in [0.717, 1.165) is 23.8 Å². The van der Waals surface area contributed by atoms with Crippen LogP contribution in [0.15, 0.2) is 29.8 Å². The number of amides is 1. The topological polar surface area (TPSA) is 122 Å². The lowest BCUT2D eigenvalue weighted by molar-refractivity contribution is -0.384. The number of anilines is 1. The summed E-state index contributed by atoms with van der Waals surface area (Å²) in [4.78, 5) is 35.8. The van der Waals surface area contributed by atoms with E-state index in [2.05, 4.69) is 5.32 Å². The van der Waals surface area contributed by atoms with Gasteiger partial charge in [0.15, 0.2) is 0 Å². The van der Waals surface area contributed by atoms with Gasteiger partial charge in [0.05, 0.1) is 17.6 Å². The molecule has 2 rings (SSSR count). The first-order chi connectivity index (χ1) is 13.8. The maximum Gasteiger partial charge on any atom is 0.340 e. The van der Waals surface area contributed by atoms with Crippen molar-refractivity contribution < 1.29 is 19.2 Å². The Bertz CT molecular complexity index is 1040. The van der Waals surface area contributed by atoms with E-state index in [1.165, 1.54) is 36.7 Å². The molecule has 29 heavy (non-hydrogen) atoms. The zero-order valence-electron chi connectivity index (χ0n) is 15.5. The molecular formula is C19H16ClN3O5S. The Labute approximate surface area is 175 Å². The van der Waals surface area contributed by atoms with Crippen molar-refractivity contribution >= 4 is 51.6 Å². The highest BCUT2D eigenvalue weighted by atomic mass is 35.5. The van der Waals surface area contributed by atoms with Gasteiger partial charge in [-0.1, -0.05) is 31.0 Å². The van der Waals surface area contributed by atoms with Gasteiger partial charge in [0.1, 0.15) is 21.7 Å². The van der Waals surface area contributed by atoms with Gasteiger partial charge in [0, 0.05) is 10.9 Å². The Balaban J connectivity index is 2.35. The monoisotopic (exact) mass is 433 g/mol. The van der Waals surface area contributed by atoms with Crippen molar-refractivity contribution in [1.29, 1.82) is 5.26 Å². The van der Waals surface area contributed by atoms with Crippen LogP contribution < -0.4 is 5.32 Å². The van der Waals surface area contributed by atoms with Gasteiger partial charge in [-0.25, -0.2) is 4.79 Å². The Hall–Kier alpha value is -3.22. The molecule has 0 saturated heterocycles. The van der Waals surface area contributed by atoms with E-state index in [9.17, 15) is 25.0 Å². The Morgan fingerprint density at radius 3 is 2.72 bits per heavy atom. The fraction of sp³-hybridized carbons (Fsp3) is 0.211. The third-order valence-electron chi connectivity index (χ3n) is 3.75. The van der Waals surface area contributed by atoms with Gasteiger partial charge in [-0.3, -0.25) is 14.9 Å². The number of nitrogens with one attached hydrogen (secondary N) is 1. The molecule has 0 aliphatic rings. The summed E-state index contributed by atoms with van der Waals surface area (Å²) in [6.45, 7) is 1.98. The van der Waals surface area contributed by atoms with Crippen LogP contribution >= 0.6 is 22.9 Å². The fourth-order valence-corrected chi connectivity index (χ4v) is 3.74. The summed E-state index contributed by atoms with van der Waals surface area (Å²) in [5.41, 5.74) is -0.163. The molecule has 0 fully saturated rings. The number of hydrogen-bond acceptors (Lipinski definition) is 7. The third kappa shape index (κ3) is 5.40. The average molecular weight is 434 g/mol. The highest BCUT2D eigenvalue weighted by Crippen LogP contribution is 2.30. The van der Waals surface area contributed by atoms with Gasteiger partial charge in [-0.15, -0.1) is 11.3 Å². The molecule has 0 unspecified atom stereocenters. The summed E-state index contributed by atoms with van der Waals surface area (Å²) in [5.74, 6) is -1.35. The van der Waals surface area contributed by atoms with Crippen molar-refractivity contribution in [2.75, 3.05) is 12.4 Å². The Kier molecular flexibility index (Phi) is 7.47. The van der Waals surface area contributed by atoms with Crippen LogP contribution in [-0.4, -0.2) is 23.9 Å². The molecule has 10 heteroatoms. The van der Waals surface area contributed by atoms with Crippen LogP contribution in [0.1, 0.15) is 34.1 Å². The van der Waals surface area contributed by atoms with Gasteiger partial charge < -0.3 is 10.1 Å². The molecule has 1 aromatic heterocycles. The zero-order chi connectivity index (χ0) is 21.6. The van der Waals surface area contributed by atoms with Crippen molar-refractivity contribution in [3.8, 4) is 6.07 Å². The third-order valence-corrected chi connectivity index (χ3v) is 5.18. The summed E-state index contributed by atoms with van der Waals surface area (Å²) in [7, 11) is 1.24. The first-order valence-corrected chi connectivity index (χ1v) is 9.58. The van der Waals surface area contributed by atoms with Crippen molar-refractivity contribution in [2.45, 2.75) is 19.8 Å². The number of nitrogens with zero attached hydrogens (tertiary/aromatic N) is 2. The maximum absolute atomic E-state index is 12.6. The van der Waals surface area contributed by atoms with Gasteiger partial charge in [0.25, 0.3) is 11.6 Å². The lowest BCUT2D eigenvalue weighted by Gasteiger charge is -2.05. The van der Waals surface area contributed by atoms with Crippen LogP contribution in [0.4, 0.5) is 10.7 Å². The van der Waals surface area contributed by atoms with Crippen LogP contribution in [0, 0.1) is 21.4 Å². The van der Waals surface area contributed by atoms with E-state index in [1.54, 1.807) is 12.1 Å². The second-order valence-electron chi connectivity index (χ2n) is 5.79. The molecule has 0 atom stereocenters. The summed E-state index contributed by atoms with van der Waals surface area (Å²) < 4.78 is 4.74. The molecule has 1 aromatic carbocycles. The van der Waals surface area contributed by atoms with Crippen molar-refractivity contribution in [3.05, 3.63) is 61.0 Å². The number of carbonyl (C=O) groups is 2. The van der Waals surface area contributed by atoms with Gasteiger partial charge >= 0.3 is 5.97 Å². The molecule has 0 bridgehead atoms. The number of esters is 1. The number of thiophene rings is 1. The number of carbonyl (C=O) groups excluding carboxylic acids is 2. The largest absolute Gasteiger partial charge is 0.465 e. The van der Waals surface area contributed by atoms with E-state index < -0.39 is 16.8 Å². The molecule has 0 aliphatic carbocycles. The second kappa shape index (κ2) is 9.82. The van der Waals surface area contributed by atoms with Crippen molar-refractivity contribution in [3.63, 3.8) is 0 Å². The summed E-state index contributed by atoms with van der Waals surface area (Å²) >= 11 is 6.99. The molecule has 1 amide bonds. The number of nitro benzene ring substituents is 1. The van der Waals surface area contributed by atoms with Crippen LogP contribution in [0.25, 0.3) is 6.08 Å². The number of aryl methyl sites for hydroxylation is 1. The van der Waals surface area contributed by atoms with Gasteiger partial charge in [0.2, 0.25) is 0 Å². The predicted molar refractivity (Wildman–Crippen MR) is 110 cm³/mol. The minimum atomic E-state index is -0.750. The molecular weight excluding hydrogens is 418 g/mol. The average Bonchev–Trinajstić information content (AvgIpc) is 3.08. The quantitative estimate of drug-likeness (QED) is 0.224. The van der Waals surface area contributed by atoms with E-state index >= 15 is 0 Å². The first-order valence-electron chi connectivity index (χ1n) is 8.38. The number of benzene rings is 1. The van der Waals surface area contributed by atoms with Crippen molar-refractivity contribution in [2.24, 2.45) is 0 Å². The lowest BCUT2D eigenvalue weighted by atomic mass is 10.1. The molecule has 1 heterocycles. The first kappa shape index (κ1) is 22.1. The highest BCUT2D eigenvalue weighted by molar-refractivity contribution is 7.16. The van der Waals surface area contributed by atoms with Crippen LogP contribution in [0.2, 0.25) is 5.02 Å². The maximum atomic E-state index is 12.6. The Morgan fingerprint density at radius 2 is 2.14 bits per heavy atom. The van der Waals surface area contributed by atoms with E-state index in [0.29, 0.717) is 0 Å². The fourth-order valence-electron chi connectivity index (χ4n) is 2.41. The Morgan fingerprint density at radius 1 is 1.41 bits per heavy atom. The zero-order valence-corrected chi connectivity index (χ0v) is 17.1. The summed E-state index contributed by atoms with van der Waals surface area (Å²) in [6, 6.07) is 7.33. The van der Waals surface area contributed by atoms with Crippen molar-refractivity contribution in [1.82, 2.24) is 0 Å². The molecule has 150 valence electrons.